The van der Waals surface area contributed by atoms with E-state index >= 15 is 0 Å². The molecule has 1 unspecified atom stereocenters. The average molecular weight is 339 g/mol. The van der Waals surface area contributed by atoms with Gasteiger partial charge < -0.3 is 14.8 Å². The molecule has 1 aromatic rings. The van der Waals surface area contributed by atoms with Gasteiger partial charge in [0.1, 0.15) is 17.7 Å². The maximum Gasteiger partial charge on any atom is 0.344 e. The summed E-state index contributed by atoms with van der Waals surface area (Å²) in [5.41, 5.74) is 0.304. The van der Waals surface area contributed by atoms with Crippen molar-refractivity contribution in [2.75, 3.05) is 26.9 Å². The number of carbonyl (C=O) groups is 1. The Morgan fingerprint density at radius 3 is 2.70 bits per heavy atom. The number of hydrogen-bond donors (Lipinski definition) is 1. The highest BCUT2D eigenvalue weighted by Crippen LogP contribution is 2.22. The van der Waals surface area contributed by atoms with E-state index in [4.69, 9.17) is 10.00 Å². The number of aromatic nitrogens is 1. The first-order valence-corrected chi connectivity index (χ1v) is 8.84. The first-order valence-electron chi connectivity index (χ1n) is 7.68. The lowest BCUT2D eigenvalue weighted by molar-refractivity contribution is 0.0589. The number of ether oxygens (including phenoxy) is 2. The van der Waals surface area contributed by atoms with Crippen LogP contribution < -0.4 is 10.1 Å². The lowest BCUT2D eigenvalue weighted by Gasteiger charge is -2.24. The van der Waals surface area contributed by atoms with Gasteiger partial charge in [0.25, 0.3) is 0 Å². The minimum Gasteiger partial charge on any atom is -0.472 e. The van der Waals surface area contributed by atoms with E-state index in [-0.39, 0.29) is 23.1 Å². The van der Waals surface area contributed by atoms with Gasteiger partial charge in [0.15, 0.2) is 0 Å². The second-order valence-corrected chi connectivity index (χ2v) is 4.23. The van der Waals surface area contributed by atoms with Gasteiger partial charge in [-0.1, -0.05) is 20.5 Å². The third-order valence-electron chi connectivity index (χ3n) is 2.96. The fraction of sp³-hybridized carbons (Fsp3) is 0.562. The molecule has 7 heteroatoms. The SMILES string of the molecule is CC.COC(=O)c1c(C#N)ccnc1O[C@@H]1CCCNC1.CP. The van der Waals surface area contributed by atoms with Crippen LogP contribution in [-0.4, -0.2) is 43.9 Å². The summed E-state index contributed by atoms with van der Waals surface area (Å²) in [6.45, 7) is 7.59. The number of nitriles is 1. The van der Waals surface area contributed by atoms with E-state index in [2.05, 4.69) is 24.3 Å². The molecule has 0 radical (unpaired) electrons. The van der Waals surface area contributed by atoms with Crippen LogP contribution in [0.5, 0.6) is 5.88 Å². The summed E-state index contributed by atoms with van der Waals surface area (Å²) in [5.74, 6) is -0.442. The van der Waals surface area contributed by atoms with Crippen LogP contribution >= 0.6 is 9.24 Å². The average Bonchev–Trinajstić information content (AvgIpc) is 2.65. The molecule has 23 heavy (non-hydrogen) atoms. The smallest absolute Gasteiger partial charge is 0.344 e. The lowest BCUT2D eigenvalue weighted by atomic mass is 10.1. The number of pyridine rings is 1. The predicted octanol–water partition coefficient (Wildman–Crippen LogP) is 2.39. The molecule has 1 aliphatic rings. The van der Waals surface area contributed by atoms with Crippen molar-refractivity contribution in [3.63, 3.8) is 0 Å². The fourth-order valence-electron chi connectivity index (χ4n) is 2.00. The van der Waals surface area contributed by atoms with Gasteiger partial charge in [-0.2, -0.15) is 5.26 Å². The van der Waals surface area contributed by atoms with Crippen LogP contribution in [0.2, 0.25) is 0 Å². The standard InChI is InChI=1S/C13H15N3O3.C2H6.CH5P/c1-18-13(17)11-9(7-14)4-6-16-12(11)19-10-3-2-5-15-8-10;2*1-2/h4,6,10,15H,2-3,5,8H2,1H3;1-2H3;2H2,1H3/t10-;;/m1../s1. The highest BCUT2D eigenvalue weighted by atomic mass is 31.0. The number of nitrogens with zero attached hydrogens (tertiary/aromatic N) is 2. The molecule has 1 aliphatic heterocycles. The fourth-order valence-corrected chi connectivity index (χ4v) is 2.00. The summed E-state index contributed by atoms with van der Waals surface area (Å²) >= 11 is 0. The highest BCUT2D eigenvalue weighted by Gasteiger charge is 2.23. The maximum absolute atomic E-state index is 11.7. The number of piperidine rings is 1. The molecule has 0 aromatic carbocycles. The molecule has 2 rings (SSSR count). The van der Waals surface area contributed by atoms with Crippen LogP contribution in [0.3, 0.4) is 0 Å². The van der Waals surface area contributed by atoms with E-state index in [1.54, 1.807) is 0 Å². The molecule has 2 atom stereocenters. The highest BCUT2D eigenvalue weighted by molar-refractivity contribution is 7.15. The molecular weight excluding hydrogens is 313 g/mol. The Morgan fingerprint density at radius 2 is 2.17 bits per heavy atom. The Bertz CT molecular complexity index is 512. The quantitative estimate of drug-likeness (QED) is 0.672. The van der Waals surface area contributed by atoms with Crippen LogP contribution in [0, 0.1) is 11.3 Å². The van der Waals surface area contributed by atoms with Gasteiger partial charge in [0.05, 0.1) is 12.7 Å². The van der Waals surface area contributed by atoms with E-state index in [0.717, 1.165) is 19.4 Å². The Kier molecular flexibility index (Phi) is 11.9. The van der Waals surface area contributed by atoms with E-state index in [9.17, 15) is 4.79 Å². The number of nitrogens with one attached hydrogen (secondary N) is 1. The summed E-state index contributed by atoms with van der Waals surface area (Å²) in [7, 11) is 3.68. The number of hydrogen-bond acceptors (Lipinski definition) is 6. The van der Waals surface area contributed by atoms with Gasteiger partial charge >= 0.3 is 5.97 Å². The molecule has 0 aliphatic carbocycles. The molecule has 0 spiro atoms. The second kappa shape index (κ2) is 12.8. The number of methoxy groups -OCH3 is 1. The molecule has 1 aromatic heterocycles. The van der Waals surface area contributed by atoms with E-state index < -0.39 is 5.97 Å². The van der Waals surface area contributed by atoms with Crippen molar-refractivity contribution in [1.82, 2.24) is 10.3 Å². The number of rotatable bonds is 3. The molecule has 1 saturated heterocycles. The molecule has 1 fully saturated rings. The Morgan fingerprint density at radius 1 is 1.48 bits per heavy atom. The first-order chi connectivity index (χ1) is 11.3. The monoisotopic (exact) mass is 339 g/mol. The summed E-state index contributed by atoms with van der Waals surface area (Å²) < 4.78 is 10.4. The summed E-state index contributed by atoms with van der Waals surface area (Å²) in [6, 6.07) is 3.42. The second-order valence-electron chi connectivity index (χ2n) is 4.23. The van der Waals surface area contributed by atoms with Gasteiger partial charge in [-0.25, -0.2) is 9.78 Å². The van der Waals surface area contributed by atoms with Gasteiger partial charge in [-0.3, -0.25) is 0 Å². The lowest BCUT2D eigenvalue weighted by Crippen LogP contribution is -2.37. The molecule has 0 bridgehead atoms. The van der Waals surface area contributed by atoms with Gasteiger partial charge in [-0.15, -0.1) is 9.24 Å². The largest absolute Gasteiger partial charge is 0.472 e. The Hall–Kier alpha value is -1.70. The van der Waals surface area contributed by atoms with Crippen LogP contribution in [0.25, 0.3) is 0 Å². The molecule has 128 valence electrons. The summed E-state index contributed by atoms with van der Waals surface area (Å²) in [6.07, 6.45) is 3.32. The van der Waals surface area contributed by atoms with E-state index in [1.807, 2.05) is 26.6 Å². The molecule has 0 amide bonds. The van der Waals surface area contributed by atoms with Gasteiger partial charge in [0, 0.05) is 12.7 Å². The van der Waals surface area contributed by atoms with Crippen LogP contribution in [0.15, 0.2) is 12.3 Å². The third kappa shape index (κ3) is 6.52. The van der Waals surface area contributed by atoms with Crippen LogP contribution in [0.1, 0.15) is 42.6 Å². The third-order valence-corrected chi connectivity index (χ3v) is 2.96. The topological polar surface area (TPSA) is 84.2 Å². The van der Waals surface area contributed by atoms with Crippen LogP contribution in [0.4, 0.5) is 0 Å². The zero-order chi connectivity index (χ0) is 17.7. The van der Waals surface area contributed by atoms with Gasteiger partial charge in [0.2, 0.25) is 5.88 Å². The molecule has 1 N–H and O–H groups in total. The van der Waals surface area contributed by atoms with Crippen LogP contribution in [-0.2, 0) is 4.74 Å². The molecule has 2 heterocycles. The molecule has 6 nitrogen and oxygen atoms in total. The Labute approximate surface area is 140 Å². The van der Waals surface area contributed by atoms with Crippen molar-refractivity contribution >= 4 is 15.2 Å². The van der Waals surface area contributed by atoms with E-state index in [1.165, 1.54) is 19.4 Å². The van der Waals surface area contributed by atoms with Gasteiger partial charge in [-0.05, 0) is 25.5 Å². The van der Waals surface area contributed by atoms with Crippen molar-refractivity contribution in [1.29, 1.82) is 5.26 Å². The normalized spacial score (nSPS) is 15.7. The minimum absolute atomic E-state index is 0.0430. The minimum atomic E-state index is -0.608. The summed E-state index contributed by atoms with van der Waals surface area (Å²) in [5, 5.41) is 12.3. The Balaban J connectivity index is 0.00000112. The predicted molar refractivity (Wildman–Crippen MR) is 93.8 cm³/mol. The maximum atomic E-state index is 11.7. The molecule has 0 saturated carbocycles. The van der Waals surface area contributed by atoms with Crippen molar-refractivity contribution in [3.05, 3.63) is 23.4 Å². The number of esters is 1. The van der Waals surface area contributed by atoms with Crippen molar-refractivity contribution in [2.45, 2.75) is 32.8 Å². The van der Waals surface area contributed by atoms with Crippen molar-refractivity contribution in [3.8, 4) is 11.9 Å². The zero-order valence-corrected chi connectivity index (χ0v) is 15.4. The van der Waals surface area contributed by atoms with Crippen molar-refractivity contribution < 1.29 is 14.3 Å². The van der Waals surface area contributed by atoms with Crippen molar-refractivity contribution in [2.24, 2.45) is 0 Å². The first kappa shape index (κ1) is 21.3. The van der Waals surface area contributed by atoms with E-state index in [0.29, 0.717) is 6.54 Å². The zero-order valence-electron chi connectivity index (χ0n) is 14.3. The molecular formula is C16H26N3O3P. The summed E-state index contributed by atoms with van der Waals surface area (Å²) in [4.78, 5) is 15.8. The number of carbonyl (C=O) groups excluding carboxylic acids is 1.